The minimum Gasteiger partial charge on any atom is -0.302 e. The van der Waals surface area contributed by atoms with Gasteiger partial charge in [-0.25, -0.2) is 0 Å². The van der Waals surface area contributed by atoms with E-state index in [4.69, 9.17) is 0 Å². The monoisotopic (exact) mass is 688 g/mol. The number of hydrogen-bond donors (Lipinski definition) is 0. The number of unbranched alkanes of at least 4 members (excludes halogenated alkanes) is 7. The van der Waals surface area contributed by atoms with Crippen molar-refractivity contribution >= 4 is 109 Å². The largest absolute Gasteiger partial charge is 0.302 e. The Morgan fingerprint density at radius 2 is 1.06 bits per heavy atom. The minimum absolute atomic E-state index is 1.10. The van der Waals surface area contributed by atoms with Gasteiger partial charge in [-0.15, -0.1) is 45.3 Å². The quantitative estimate of drug-likeness (QED) is 0.107. The van der Waals surface area contributed by atoms with Crippen LogP contribution in [-0.4, -0.2) is 9.13 Å². The zero-order chi connectivity index (χ0) is 31.7. The normalized spacial score (nSPS) is 12.6. The summed E-state index contributed by atoms with van der Waals surface area (Å²) < 4.78 is 10.5. The van der Waals surface area contributed by atoms with Crippen LogP contribution < -0.4 is 0 Å². The number of aromatic nitrogens is 2. The Hall–Kier alpha value is -3.42. The lowest BCUT2D eigenvalue weighted by Crippen LogP contribution is -1.94. The van der Waals surface area contributed by atoms with Gasteiger partial charge < -0.3 is 9.13 Å². The standard InChI is InChI=1S/C41H40N2S4/c1-3-5-7-9-11-13-21-43-33-25-29(37-27-39-35(47-37)19-23-45-39)15-17-31(33)40-30-16-14-28(36-26-38-34(46-36)18-22-44-38)24-32(30)42(41(40)43)20-12-10-8-6-4-2/h12-27H,3-11H2,1-2H3. The first-order valence-electron chi connectivity index (χ1n) is 17.1. The maximum atomic E-state index is 2.49. The van der Waals surface area contributed by atoms with Crippen molar-refractivity contribution in [1.29, 1.82) is 0 Å². The summed E-state index contributed by atoms with van der Waals surface area (Å²) >= 11 is 7.47. The van der Waals surface area contributed by atoms with E-state index in [0.717, 1.165) is 12.8 Å². The van der Waals surface area contributed by atoms with E-state index in [1.54, 1.807) is 0 Å². The Morgan fingerprint density at radius 3 is 1.57 bits per heavy atom. The van der Waals surface area contributed by atoms with Crippen LogP contribution in [0.15, 0.2) is 83.6 Å². The van der Waals surface area contributed by atoms with Crippen molar-refractivity contribution in [3.05, 3.63) is 83.6 Å². The predicted molar refractivity (Wildman–Crippen MR) is 216 cm³/mol. The van der Waals surface area contributed by atoms with E-state index in [1.807, 2.05) is 45.3 Å². The summed E-state index contributed by atoms with van der Waals surface area (Å²) in [5.74, 6) is 0. The van der Waals surface area contributed by atoms with Gasteiger partial charge in [-0.3, -0.25) is 0 Å². The summed E-state index contributed by atoms with van der Waals surface area (Å²) in [4.78, 5) is 2.69. The van der Waals surface area contributed by atoms with Crippen molar-refractivity contribution < 1.29 is 0 Å². The van der Waals surface area contributed by atoms with Gasteiger partial charge in [0.25, 0.3) is 0 Å². The SMILES string of the molecule is CCCCCC=Cn1c2cc(-c3cc4sccc4s3)ccc2c2c3ccc(-c4cc5sccc5s4)cc3n(C=CCCCCCC)c21. The second-order valence-corrected chi connectivity index (χ2v) is 16.6. The van der Waals surface area contributed by atoms with Crippen LogP contribution in [0.4, 0.5) is 0 Å². The maximum absolute atomic E-state index is 2.49. The fraction of sp³-hybridized carbons (Fsp3) is 0.268. The lowest BCUT2D eigenvalue weighted by atomic mass is 10.1. The molecule has 0 saturated carbocycles. The second kappa shape index (κ2) is 13.6. The molecule has 0 saturated heterocycles. The van der Waals surface area contributed by atoms with Gasteiger partial charge in [-0.05, 0) is 84.0 Å². The molecule has 0 aliphatic rings. The molecule has 2 aromatic carbocycles. The number of hydrogen-bond acceptors (Lipinski definition) is 4. The average molecular weight is 689 g/mol. The maximum Gasteiger partial charge on any atom is 0.130 e. The molecule has 0 aliphatic heterocycles. The summed E-state index contributed by atoms with van der Waals surface area (Å²) in [5.41, 5.74) is 6.43. The van der Waals surface area contributed by atoms with Crippen molar-refractivity contribution in [3.63, 3.8) is 0 Å². The molecule has 6 heterocycles. The van der Waals surface area contributed by atoms with Gasteiger partial charge in [0.2, 0.25) is 0 Å². The molecule has 0 unspecified atom stereocenters. The molecule has 47 heavy (non-hydrogen) atoms. The number of fused-ring (bicyclic) bond motifs is 7. The molecule has 0 radical (unpaired) electrons. The highest BCUT2D eigenvalue weighted by atomic mass is 32.1. The predicted octanol–water partition coefficient (Wildman–Crippen LogP) is 15.1. The lowest BCUT2D eigenvalue weighted by Gasteiger charge is -2.08. The summed E-state index contributed by atoms with van der Waals surface area (Å²) in [6.07, 6.45) is 20.6. The molecule has 8 aromatic rings. The number of rotatable bonds is 13. The Morgan fingerprint density at radius 1 is 0.553 bits per heavy atom. The second-order valence-electron chi connectivity index (χ2n) is 12.5. The third kappa shape index (κ3) is 5.84. The van der Waals surface area contributed by atoms with Crippen LogP contribution in [0.25, 0.3) is 84.9 Å². The van der Waals surface area contributed by atoms with Crippen LogP contribution in [-0.2, 0) is 0 Å². The summed E-state index contributed by atoms with van der Waals surface area (Å²) in [5, 5.41) is 8.39. The van der Waals surface area contributed by atoms with Crippen LogP contribution in [0.2, 0.25) is 0 Å². The number of benzene rings is 2. The van der Waals surface area contributed by atoms with Gasteiger partial charge in [0.1, 0.15) is 5.65 Å². The van der Waals surface area contributed by atoms with E-state index in [0.29, 0.717) is 0 Å². The van der Waals surface area contributed by atoms with E-state index in [2.05, 4.69) is 119 Å². The van der Waals surface area contributed by atoms with Crippen LogP contribution in [0.5, 0.6) is 0 Å². The number of nitrogens with zero attached hydrogens (tertiary/aromatic N) is 2. The molecule has 0 spiro atoms. The molecule has 6 heteroatoms. The molecule has 0 fully saturated rings. The molecule has 2 nitrogen and oxygen atoms in total. The molecular formula is C41H40N2S4. The van der Waals surface area contributed by atoms with Crippen LogP contribution in [0, 0.1) is 0 Å². The highest BCUT2D eigenvalue weighted by Gasteiger charge is 2.20. The Kier molecular flexibility index (Phi) is 8.94. The van der Waals surface area contributed by atoms with E-state index >= 15 is 0 Å². The van der Waals surface area contributed by atoms with Gasteiger partial charge in [0.05, 0.1) is 11.0 Å². The Bertz CT molecular complexity index is 2320. The van der Waals surface area contributed by atoms with Crippen LogP contribution in [0.1, 0.15) is 71.6 Å². The number of thiophene rings is 4. The van der Waals surface area contributed by atoms with Gasteiger partial charge in [0.15, 0.2) is 0 Å². The molecule has 0 amide bonds. The highest BCUT2D eigenvalue weighted by Crippen LogP contribution is 2.44. The van der Waals surface area contributed by atoms with Gasteiger partial charge in [-0.2, -0.15) is 0 Å². The molecule has 0 bridgehead atoms. The van der Waals surface area contributed by atoms with Crippen LogP contribution >= 0.6 is 45.3 Å². The highest BCUT2D eigenvalue weighted by molar-refractivity contribution is 7.29. The van der Waals surface area contributed by atoms with E-state index in [9.17, 15) is 0 Å². The first-order valence-corrected chi connectivity index (χ1v) is 20.5. The first kappa shape index (κ1) is 30.9. The Labute approximate surface area is 292 Å². The smallest absolute Gasteiger partial charge is 0.130 e. The molecular weight excluding hydrogens is 649 g/mol. The van der Waals surface area contributed by atoms with E-state index in [-0.39, 0.29) is 0 Å². The zero-order valence-corrected chi connectivity index (χ0v) is 30.4. The fourth-order valence-corrected chi connectivity index (χ4v) is 11.1. The van der Waals surface area contributed by atoms with Crippen molar-refractivity contribution in [2.45, 2.75) is 71.6 Å². The molecule has 0 N–H and O–H groups in total. The van der Waals surface area contributed by atoms with Crippen molar-refractivity contribution in [1.82, 2.24) is 9.13 Å². The number of allylic oxidation sites excluding steroid dienone is 2. The topological polar surface area (TPSA) is 9.86 Å². The van der Waals surface area contributed by atoms with Crippen molar-refractivity contribution in [2.75, 3.05) is 0 Å². The molecule has 0 aliphatic carbocycles. The fourth-order valence-electron chi connectivity index (χ4n) is 6.84. The van der Waals surface area contributed by atoms with Crippen molar-refractivity contribution in [2.24, 2.45) is 0 Å². The summed E-state index contributed by atoms with van der Waals surface area (Å²) in [7, 11) is 0. The molecule has 0 atom stereocenters. The summed E-state index contributed by atoms with van der Waals surface area (Å²) in [6, 6.07) is 23.5. The van der Waals surface area contributed by atoms with Gasteiger partial charge in [-0.1, -0.05) is 82.4 Å². The molecule has 8 rings (SSSR count). The van der Waals surface area contributed by atoms with E-state index in [1.165, 1.54) is 117 Å². The third-order valence-electron chi connectivity index (χ3n) is 9.29. The third-order valence-corrected chi connectivity index (χ3v) is 13.6. The Balaban J connectivity index is 1.32. The first-order chi connectivity index (χ1) is 23.2. The average Bonchev–Trinajstić information content (AvgIpc) is 3.92. The van der Waals surface area contributed by atoms with Gasteiger partial charge in [0, 0.05) is 57.1 Å². The minimum atomic E-state index is 1.10. The van der Waals surface area contributed by atoms with Crippen molar-refractivity contribution in [3.8, 4) is 20.9 Å². The van der Waals surface area contributed by atoms with Crippen LogP contribution in [0.3, 0.4) is 0 Å². The van der Waals surface area contributed by atoms with Gasteiger partial charge >= 0.3 is 0 Å². The lowest BCUT2D eigenvalue weighted by molar-refractivity contribution is 0.675. The molecule has 6 aromatic heterocycles. The molecule has 238 valence electrons. The zero-order valence-electron chi connectivity index (χ0n) is 27.1. The summed E-state index contributed by atoms with van der Waals surface area (Å²) in [6.45, 7) is 4.57. The van der Waals surface area contributed by atoms with E-state index < -0.39 is 0 Å².